The van der Waals surface area contributed by atoms with Gasteiger partial charge >= 0.3 is 0 Å². The van der Waals surface area contributed by atoms with E-state index in [1.807, 2.05) is 0 Å². The Morgan fingerprint density at radius 3 is 2.59 bits per heavy atom. The third-order valence-electron chi connectivity index (χ3n) is 3.15. The number of furan rings is 1. The summed E-state index contributed by atoms with van der Waals surface area (Å²) in [7, 11) is 0. The van der Waals surface area contributed by atoms with E-state index in [1.165, 1.54) is 13.1 Å². The molecule has 0 atom stereocenters. The van der Waals surface area contributed by atoms with Crippen LogP contribution in [0, 0.1) is 0 Å². The highest BCUT2D eigenvalue weighted by Crippen LogP contribution is 2.21. The molecule has 2 heterocycles. The molecule has 0 radical (unpaired) electrons. The van der Waals surface area contributed by atoms with Gasteiger partial charge in [-0.2, -0.15) is 0 Å². The maximum absolute atomic E-state index is 12.1. The van der Waals surface area contributed by atoms with Crippen LogP contribution < -0.4 is 11.1 Å². The van der Waals surface area contributed by atoms with Crippen molar-refractivity contribution >= 4 is 34.2 Å². The molecule has 2 aromatic heterocycles. The highest BCUT2D eigenvalue weighted by molar-refractivity contribution is 6.05. The Kier molecular flexibility index (Phi) is 3.34. The molecule has 0 saturated carbocycles. The topological polar surface area (TPSA) is 98.2 Å². The third kappa shape index (κ3) is 2.67. The van der Waals surface area contributed by atoms with Crippen LogP contribution in [0.15, 0.2) is 47.0 Å². The lowest BCUT2D eigenvalue weighted by molar-refractivity contribution is 0.0987. The van der Waals surface area contributed by atoms with Gasteiger partial charge in [0.05, 0.1) is 11.9 Å². The molecule has 0 bridgehead atoms. The number of hydrogen-bond donors (Lipinski definition) is 2. The summed E-state index contributed by atoms with van der Waals surface area (Å²) in [6.45, 7) is 1.42. The molecule has 1 aromatic carbocycles. The number of ketones is 1. The van der Waals surface area contributed by atoms with Crippen molar-refractivity contribution in [2.24, 2.45) is 0 Å². The molecule has 3 aromatic rings. The summed E-state index contributed by atoms with van der Waals surface area (Å²) in [6, 6.07) is 9.90. The lowest BCUT2D eigenvalue weighted by Crippen LogP contribution is -2.11. The molecule has 0 aliphatic carbocycles. The Labute approximate surface area is 125 Å². The van der Waals surface area contributed by atoms with E-state index >= 15 is 0 Å². The number of benzene rings is 1. The Bertz CT molecular complexity index is 866. The number of anilines is 2. The van der Waals surface area contributed by atoms with Crippen LogP contribution in [0.3, 0.4) is 0 Å². The number of rotatable bonds is 3. The zero-order valence-electron chi connectivity index (χ0n) is 11.8. The number of hydrogen-bond acceptors (Lipinski definition) is 5. The molecule has 110 valence electrons. The Morgan fingerprint density at radius 2 is 1.91 bits per heavy atom. The van der Waals surface area contributed by atoms with Crippen molar-refractivity contribution in [1.82, 2.24) is 4.98 Å². The summed E-state index contributed by atoms with van der Waals surface area (Å²) >= 11 is 0. The molecular formula is C16H13N3O3. The second kappa shape index (κ2) is 5.33. The molecule has 1 amide bonds. The smallest absolute Gasteiger partial charge is 0.255 e. The van der Waals surface area contributed by atoms with Gasteiger partial charge in [0.2, 0.25) is 5.71 Å². The van der Waals surface area contributed by atoms with Crippen LogP contribution in [-0.4, -0.2) is 16.7 Å². The Morgan fingerprint density at radius 1 is 1.18 bits per heavy atom. The maximum Gasteiger partial charge on any atom is 0.255 e. The first-order chi connectivity index (χ1) is 10.5. The van der Waals surface area contributed by atoms with Crippen molar-refractivity contribution in [3.63, 3.8) is 0 Å². The summed E-state index contributed by atoms with van der Waals surface area (Å²) in [5.74, 6) is -0.202. The van der Waals surface area contributed by atoms with E-state index in [1.54, 1.807) is 36.4 Å². The first-order valence-corrected chi connectivity index (χ1v) is 6.60. The van der Waals surface area contributed by atoms with Gasteiger partial charge in [0.1, 0.15) is 0 Å². The monoisotopic (exact) mass is 295 g/mol. The van der Waals surface area contributed by atoms with Crippen molar-refractivity contribution < 1.29 is 14.0 Å². The molecule has 22 heavy (non-hydrogen) atoms. The fraction of sp³-hybridized carbons (Fsp3) is 0.0625. The molecule has 3 rings (SSSR count). The van der Waals surface area contributed by atoms with Crippen molar-refractivity contribution in [1.29, 1.82) is 0 Å². The number of amides is 1. The van der Waals surface area contributed by atoms with Crippen LogP contribution >= 0.6 is 0 Å². The first-order valence-electron chi connectivity index (χ1n) is 6.60. The predicted molar refractivity (Wildman–Crippen MR) is 82.8 cm³/mol. The second-order valence-corrected chi connectivity index (χ2v) is 4.86. The molecule has 0 fully saturated rings. The van der Waals surface area contributed by atoms with Gasteiger partial charge in [0, 0.05) is 23.6 Å². The first kappa shape index (κ1) is 13.8. The van der Waals surface area contributed by atoms with Crippen LogP contribution in [0.1, 0.15) is 27.8 Å². The van der Waals surface area contributed by atoms with Gasteiger partial charge in [0.25, 0.3) is 5.91 Å². The van der Waals surface area contributed by atoms with Gasteiger partial charge in [-0.15, -0.1) is 0 Å². The van der Waals surface area contributed by atoms with E-state index in [4.69, 9.17) is 10.2 Å². The highest BCUT2D eigenvalue weighted by atomic mass is 16.4. The zero-order valence-corrected chi connectivity index (χ0v) is 11.8. The largest absolute Gasteiger partial charge is 0.435 e. The molecule has 0 saturated heterocycles. The van der Waals surface area contributed by atoms with Gasteiger partial charge in [-0.25, -0.2) is 4.98 Å². The van der Waals surface area contributed by atoms with Gasteiger partial charge in [-0.1, -0.05) is 0 Å². The number of pyridine rings is 1. The number of nitrogens with two attached hydrogens (primary N) is 1. The summed E-state index contributed by atoms with van der Waals surface area (Å²) in [4.78, 5) is 27.5. The molecule has 6 nitrogen and oxygen atoms in total. The number of Topliss-reactive ketones (excluding diaryl/α,β-unsaturated/α-hetero) is 1. The van der Waals surface area contributed by atoms with Crippen LogP contribution in [-0.2, 0) is 0 Å². The summed E-state index contributed by atoms with van der Waals surface area (Å²) < 4.78 is 5.30. The maximum atomic E-state index is 12.1. The number of aromatic nitrogens is 1. The van der Waals surface area contributed by atoms with Crippen LogP contribution in [0.5, 0.6) is 0 Å². The summed E-state index contributed by atoms with van der Waals surface area (Å²) in [6.07, 6.45) is 1.48. The minimum Gasteiger partial charge on any atom is -0.435 e. The van der Waals surface area contributed by atoms with Crippen molar-refractivity contribution in [3.05, 3.63) is 53.9 Å². The Hall–Kier alpha value is -3.15. The molecular weight excluding hydrogens is 282 g/mol. The standard InChI is InChI=1S/C16H13N3O3/c1-9(20)14-7-11-6-13(8-18-16(11)22-14)19-15(21)10-2-4-12(17)5-3-10/h2-8H,17H2,1H3,(H,19,21). The lowest BCUT2D eigenvalue weighted by atomic mass is 10.2. The molecule has 0 aliphatic heterocycles. The van der Waals surface area contributed by atoms with Gasteiger partial charge in [-0.05, 0) is 36.4 Å². The minimum atomic E-state index is -0.267. The number of carbonyl (C=O) groups excluding carboxylic acids is 2. The Balaban J connectivity index is 1.85. The van der Waals surface area contributed by atoms with E-state index in [-0.39, 0.29) is 17.5 Å². The predicted octanol–water partition coefficient (Wildman–Crippen LogP) is 2.86. The fourth-order valence-electron chi connectivity index (χ4n) is 2.01. The summed E-state index contributed by atoms with van der Waals surface area (Å²) in [5, 5.41) is 3.39. The van der Waals surface area contributed by atoms with E-state index in [0.717, 1.165) is 0 Å². The molecule has 3 N–H and O–H groups in total. The molecule has 0 unspecified atom stereocenters. The molecule has 0 aliphatic rings. The molecule has 6 heteroatoms. The van der Waals surface area contributed by atoms with E-state index < -0.39 is 0 Å². The van der Waals surface area contributed by atoms with Crippen molar-refractivity contribution in [2.75, 3.05) is 11.1 Å². The van der Waals surface area contributed by atoms with E-state index in [2.05, 4.69) is 10.3 Å². The van der Waals surface area contributed by atoms with E-state index in [0.29, 0.717) is 28.0 Å². The zero-order chi connectivity index (χ0) is 15.7. The quantitative estimate of drug-likeness (QED) is 0.572. The normalized spacial score (nSPS) is 10.6. The van der Waals surface area contributed by atoms with Crippen LogP contribution in [0.2, 0.25) is 0 Å². The SMILES string of the molecule is CC(=O)c1cc2cc(NC(=O)c3ccc(N)cc3)cnc2o1. The number of fused-ring (bicyclic) bond motifs is 1. The van der Waals surface area contributed by atoms with E-state index in [9.17, 15) is 9.59 Å². The van der Waals surface area contributed by atoms with Crippen LogP contribution in [0.4, 0.5) is 11.4 Å². The lowest BCUT2D eigenvalue weighted by Gasteiger charge is -2.05. The van der Waals surface area contributed by atoms with Gasteiger partial charge in [-0.3, -0.25) is 9.59 Å². The number of nitrogen functional groups attached to an aromatic ring is 1. The average molecular weight is 295 g/mol. The van der Waals surface area contributed by atoms with Crippen molar-refractivity contribution in [2.45, 2.75) is 6.92 Å². The van der Waals surface area contributed by atoms with Crippen LogP contribution in [0.25, 0.3) is 11.1 Å². The molecule has 0 spiro atoms. The summed E-state index contributed by atoms with van der Waals surface area (Å²) in [5.41, 5.74) is 7.55. The van der Waals surface area contributed by atoms with Gasteiger partial charge in [0.15, 0.2) is 11.5 Å². The van der Waals surface area contributed by atoms with Gasteiger partial charge < -0.3 is 15.5 Å². The highest BCUT2D eigenvalue weighted by Gasteiger charge is 2.11. The number of nitrogens with zero attached hydrogens (tertiary/aromatic N) is 1. The van der Waals surface area contributed by atoms with Crippen molar-refractivity contribution in [3.8, 4) is 0 Å². The number of nitrogens with one attached hydrogen (secondary N) is 1. The second-order valence-electron chi connectivity index (χ2n) is 4.86. The minimum absolute atomic E-state index is 0.176. The fourth-order valence-corrected chi connectivity index (χ4v) is 2.01. The average Bonchev–Trinajstić information content (AvgIpc) is 2.91. The number of carbonyl (C=O) groups is 2. The third-order valence-corrected chi connectivity index (χ3v) is 3.15.